The maximum Gasteiger partial charge on any atom is 0.418 e. The number of ether oxygens (including phenoxy) is 2. The van der Waals surface area contributed by atoms with E-state index < -0.39 is 39.4 Å². The molecule has 1 amide bonds. The summed E-state index contributed by atoms with van der Waals surface area (Å²) >= 11 is 0. The number of halogens is 3. The number of alkyl halides is 3. The van der Waals surface area contributed by atoms with Crippen molar-refractivity contribution in [3.05, 3.63) is 48.0 Å². The molecule has 0 spiro atoms. The molecular weight excluding hydrogens is 437 g/mol. The van der Waals surface area contributed by atoms with E-state index in [1.807, 2.05) is 0 Å². The van der Waals surface area contributed by atoms with Gasteiger partial charge in [-0.1, -0.05) is 12.1 Å². The summed E-state index contributed by atoms with van der Waals surface area (Å²) in [5.74, 6) is -0.290. The summed E-state index contributed by atoms with van der Waals surface area (Å²) < 4.78 is 77.2. The zero-order chi connectivity index (χ0) is 22.8. The molecule has 2 aromatic rings. The standard InChI is InChI=1S/C20H21F3N2O5S/c1-29-17-10-9-13(12-18(17)30-2)31(27,28)25-11-5-8-16(25)19(26)24-15-7-4-3-6-14(15)20(21,22)23/h3-4,6-7,9-10,12,16H,5,8,11H2,1-2H3,(H,24,26). The number of para-hydroxylation sites is 1. The second-order valence-corrected chi connectivity index (χ2v) is 8.71. The van der Waals surface area contributed by atoms with E-state index in [-0.39, 0.29) is 23.6 Å². The van der Waals surface area contributed by atoms with Gasteiger partial charge in [0.1, 0.15) is 6.04 Å². The molecule has 7 nitrogen and oxygen atoms in total. The average molecular weight is 458 g/mol. The Kier molecular flexibility index (Phi) is 6.46. The third-order valence-electron chi connectivity index (χ3n) is 4.96. The number of amides is 1. The largest absolute Gasteiger partial charge is 0.493 e. The van der Waals surface area contributed by atoms with Crippen LogP contribution in [-0.4, -0.2) is 45.4 Å². The number of carbonyl (C=O) groups is 1. The van der Waals surface area contributed by atoms with Crippen molar-refractivity contribution in [1.29, 1.82) is 0 Å². The topological polar surface area (TPSA) is 84.9 Å². The van der Waals surface area contributed by atoms with Gasteiger partial charge in [0.2, 0.25) is 15.9 Å². The van der Waals surface area contributed by atoms with E-state index in [0.29, 0.717) is 12.2 Å². The van der Waals surface area contributed by atoms with Crippen LogP contribution in [-0.2, 0) is 21.0 Å². The number of rotatable bonds is 6. The molecule has 1 aliphatic rings. The van der Waals surface area contributed by atoms with Gasteiger partial charge in [0, 0.05) is 12.6 Å². The highest BCUT2D eigenvalue weighted by molar-refractivity contribution is 7.89. The predicted octanol–water partition coefficient (Wildman–Crippen LogP) is 3.51. The van der Waals surface area contributed by atoms with Crippen molar-refractivity contribution in [3.63, 3.8) is 0 Å². The van der Waals surface area contributed by atoms with Gasteiger partial charge in [0.25, 0.3) is 0 Å². The van der Waals surface area contributed by atoms with E-state index in [2.05, 4.69) is 5.32 Å². The number of nitrogens with one attached hydrogen (secondary N) is 1. The zero-order valence-electron chi connectivity index (χ0n) is 16.8. The Bertz CT molecular complexity index is 1070. The molecule has 3 rings (SSSR count). The van der Waals surface area contributed by atoms with Crippen LogP contribution in [0.5, 0.6) is 11.5 Å². The van der Waals surface area contributed by atoms with Gasteiger partial charge in [0.15, 0.2) is 11.5 Å². The summed E-state index contributed by atoms with van der Waals surface area (Å²) in [5, 5.41) is 2.24. The molecule has 1 atom stereocenters. The lowest BCUT2D eigenvalue weighted by Crippen LogP contribution is -2.43. The minimum atomic E-state index is -4.66. The van der Waals surface area contributed by atoms with Crippen LogP contribution in [0.25, 0.3) is 0 Å². The molecular formula is C20H21F3N2O5S. The number of nitrogens with zero attached hydrogens (tertiary/aromatic N) is 1. The number of anilines is 1. The van der Waals surface area contributed by atoms with Crippen molar-refractivity contribution in [2.75, 3.05) is 26.1 Å². The van der Waals surface area contributed by atoms with Crippen LogP contribution in [0.1, 0.15) is 18.4 Å². The molecule has 1 unspecified atom stereocenters. The Morgan fingerprint density at radius 3 is 2.42 bits per heavy atom. The summed E-state index contributed by atoms with van der Waals surface area (Å²) in [5.41, 5.74) is -1.42. The number of benzene rings is 2. The predicted molar refractivity (Wildman–Crippen MR) is 107 cm³/mol. The third-order valence-corrected chi connectivity index (χ3v) is 6.86. The van der Waals surface area contributed by atoms with E-state index in [0.717, 1.165) is 16.4 Å². The Labute approximate surface area is 177 Å². The summed E-state index contributed by atoms with van der Waals surface area (Å²) in [6, 6.07) is 7.43. The van der Waals surface area contributed by atoms with Gasteiger partial charge in [0.05, 0.1) is 30.4 Å². The Morgan fingerprint density at radius 2 is 1.77 bits per heavy atom. The second kappa shape index (κ2) is 8.75. The van der Waals surface area contributed by atoms with Gasteiger partial charge >= 0.3 is 6.18 Å². The van der Waals surface area contributed by atoms with Crippen molar-refractivity contribution >= 4 is 21.6 Å². The molecule has 1 N–H and O–H groups in total. The quantitative estimate of drug-likeness (QED) is 0.716. The van der Waals surface area contributed by atoms with Crippen LogP contribution < -0.4 is 14.8 Å². The molecule has 1 heterocycles. The maximum absolute atomic E-state index is 13.2. The normalized spacial score (nSPS) is 17.4. The van der Waals surface area contributed by atoms with Gasteiger partial charge in [-0.3, -0.25) is 4.79 Å². The molecule has 1 fully saturated rings. The number of sulfonamides is 1. The van der Waals surface area contributed by atoms with Gasteiger partial charge < -0.3 is 14.8 Å². The number of hydrogen-bond acceptors (Lipinski definition) is 5. The minimum Gasteiger partial charge on any atom is -0.493 e. The summed E-state index contributed by atoms with van der Waals surface area (Å²) in [6.07, 6.45) is -4.08. The van der Waals surface area contributed by atoms with Crippen LogP contribution >= 0.6 is 0 Å². The highest BCUT2D eigenvalue weighted by Crippen LogP contribution is 2.36. The van der Waals surface area contributed by atoms with E-state index in [9.17, 15) is 26.4 Å². The number of hydrogen-bond donors (Lipinski definition) is 1. The van der Waals surface area contributed by atoms with Crippen molar-refractivity contribution in [2.24, 2.45) is 0 Å². The fourth-order valence-corrected chi connectivity index (χ4v) is 5.13. The molecule has 11 heteroatoms. The first-order valence-electron chi connectivity index (χ1n) is 9.30. The van der Waals surface area contributed by atoms with Crippen LogP contribution in [0.15, 0.2) is 47.4 Å². The average Bonchev–Trinajstić information content (AvgIpc) is 3.24. The van der Waals surface area contributed by atoms with Crippen LogP contribution in [0.2, 0.25) is 0 Å². The monoisotopic (exact) mass is 458 g/mol. The number of carbonyl (C=O) groups excluding carboxylic acids is 1. The lowest BCUT2D eigenvalue weighted by molar-refractivity contribution is -0.137. The Balaban J connectivity index is 1.88. The summed E-state index contributed by atoms with van der Waals surface area (Å²) in [4.78, 5) is 12.7. The summed E-state index contributed by atoms with van der Waals surface area (Å²) in [6.45, 7) is 0.0652. The van der Waals surface area contributed by atoms with Crippen LogP contribution in [0, 0.1) is 0 Å². The lowest BCUT2D eigenvalue weighted by atomic mass is 10.1. The van der Waals surface area contributed by atoms with Gasteiger partial charge in [-0.05, 0) is 37.1 Å². The molecule has 0 aromatic heterocycles. The number of methoxy groups -OCH3 is 2. The van der Waals surface area contributed by atoms with Crippen molar-refractivity contribution < 1.29 is 35.9 Å². The zero-order valence-corrected chi connectivity index (χ0v) is 17.6. The molecule has 0 aliphatic carbocycles. The minimum absolute atomic E-state index is 0.0652. The molecule has 0 saturated carbocycles. The molecule has 0 radical (unpaired) electrons. The molecule has 1 saturated heterocycles. The second-order valence-electron chi connectivity index (χ2n) is 6.82. The van der Waals surface area contributed by atoms with E-state index in [4.69, 9.17) is 9.47 Å². The first-order chi connectivity index (χ1) is 14.6. The Hall–Kier alpha value is -2.79. The molecule has 1 aliphatic heterocycles. The van der Waals surface area contributed by atoms with E-state index in [1.54, 1.807) is 0 Å². The lowest BCUT2D eigenvalue weighted by Gasteiger charge is -2.24. The smallest absolute Gasteiger partial charge is 0.418 e. The molecule has 31 heavy (non-hydrogen) atoms. The SMILES string of the molecule is COc1ccc(S(=O)(=O)N2CCCC2C(=O)Nc2ccccc2C(F)(F)F)cc1OC. The van der Waals surface area contributed by atoms with Gasteiger partial charge in [-0.15, -0.1) is 0 Å². The van der Waals surface area contributed by atoms with Crippen molar-refractivity contribution in [2.45, 2.75) is 30.0 Å². The highest BCUT2D eigenvalue weighted by Gasteiger charge is 2.41. The Morgan fingerprint density at radius 1 is 1.10 bits per heavy atom. The van der Waals surface area contributed by atoms with E-state index >= 15 is 0 Å². The molecule has 2 aromatic carbocycles. The van der Waals surface area contributed by atoms with Crippen molar-refractivity contribution in [1.82, 2.24) is 4.31 Å². The fraction of sp³-hybridized carbons (Fsp3) is 0.350. The fourth-order valence-electron chi connectivity index (χ4n) is 3.46. The van der Waals surface area contributed by atoms with Gasteiger partial charge in [-0.25, -0.2) is 8.42 Å². The van der Waals surface area contributed by atoms with Crippen molar-refractivity contribution in [3.8, 4) is 11.5 Å². The van der Waals surface area contributed by atoms with E-state index in [1.165, 1.54) is 44.6 Å². The van der Waals surface area contributed by atoms with Crippen LogP contribution in [0.4, 0.5) is 18.9 Å². The first-order valence-corrected chi connectivity index (χ1v) is 10.7. The third kappa shape index (κ3) is 4.62. The summed E-state index contributed by atoms with van der Waals surface area (Å²) in [7, 11) is -1.34. The molecule has 168 valence electrons. The maximum atomic E-state index is 13.2. The van der Waals surface area contributed by atoms with Crippen LogP contribution in [0.3, 0.4) is 0 Å². The highest BCUT2D eigenvalue weighted by atomic mass is 32.2. The first kappa shape index (κ1) is 22.9. The molecule has 0 bridgehead atoms. The van der Waals surface area contributed by atoms with Gasteiger partial charge in [-0.2, -0.15) is 17.5 Å².